The maximum absolute atomic E-state index is 4.86. The average molecular weight is 250 g/mol. The predicted molar refractivity (Wildman–Crippen MR) is 79.5 cm³/mol. The van der Waals surface area contributed by atoms with Crippen molar-refractivity contribution in [3.05, 3.63) is 71.3 Å². The third-order valence-corrected chi connectivity index (χ3v) is 3.54. The van der Waals surface area contributed by atoms with Crippen molar-refractivity contribution < 1.29 is 0 Å². The molecule has 19 heavy (non-hydrogen) atoms. The van der Waals surface area contributed by atoms with Crippen LogP contribution in [0, 0.1) is 6.92 Å². The van der Waals surface area contributed by atoms with Crippen LogP contribution in [0.25, 0.3) is 0 Å². The smallest absolute Gasteiger partial charge is 0.129 e. The first-order valence-corrected chi connectivity index (χ1v) is 6.70. The Balaban J connectivity index is 1.94. The number of amidine groups is 1. The lowest BCUT2D eigenvalue weighted by Crippen LogP contribution is -2.29. The van der Waals surface area contributed by atoms with Crippen molar-refractivity contribution in [2.75, 3.05) is 0 Å². The highest BCUT2D eigenvalue weighted by Crippen LogP contribution is 2.27. The number of hydrogen-bond acceptors (Lipinski definition) is 2. The van der Waals surface area contributed by atoms with E-state index in [1.165, 1.54) is 11.1 Å². The molecule has 2 atom stereocenters. The standard InChI is InChI=1S/C17H18N2/c1-12-7-6-10-15(11-12)16-13(2)18-17(19-16)14-8-4-3-5-9-14/h3-11,13,16H,1-2H3,(H,18,19)/t13-,16-/m0/s1. The van der Waals surface area contributed by atoms with Gasteiger partial charge in [-0.15, -0.1) is 0 Å². The minimum Gasteiger partial charge on any atom is -0.365 e. The van der Waals surface area contributed by atoms with Gasteiger partial charge in [-0.2, -0.15) is 0 Å². The summed E-state index contributed by atoms with van der Waals surface area (Å²) >= 11 is 0. The van der Waals surface area contributed by atoms with Crippen LogP contribution >= 0.6 is 0 Å². The zero-order valence-corrected chi connectivity index (χ0v) is 11.3. The van der Waals surface area contributed by atoms with E-state index in [1.54, 1.807) is 0 Å². The lowest BCUT2D eigenvalue weighted by molar-refractivity contribution is 0.588. The van der Waals surface area contributed by atoms with Crippen molar-refractivity contribution in [3.8, 4) is 0 Å². The molecule has 0 aromatic heterocycles. The van der Waals surface area contributed by atoms with Gasteiger partial charge in [-0.3, -0.25) is 4.99 Å². The number of nitrogens with one attached hydrogen (secondary N) is 1. The van der Waals surface area contributed by atoms with Gasteiger partial charge in [0.25, 0.3) is 0 Å². The molecule has 0 saturated carbocycles. The van der Waals surface area contributed by atoms with Crippen LogP contribution in [-0.4, -0.2) is 11.9 Å². The SMILES string of the molecule is Cc1cccc([C@H]2N=C(c3ccccc3)N[C@H]2C)c1. The van der Waals surface area contributed by atoms with Crippen molar-refractivity contribution in [3.63, 3.8) is 0 Å². The average Bonchev–Trinajstić information content (AvgIpc) is 2.82. The van der Waals surface area contributed by atoms with Crippen LogP contribution in [-0.2, 0) is 0 Å². The summed E-state index contributed by atoms with van der Waals surface area (Å²) in [6, 6.07) is 19.5. The lowest BCUT2D eigenvalue weighted by Gasteiger charge is -2.14. The van der Waals surface area contributed by atoms with E-state index in [0.29, 0.717) is 6.04 Å². The first-order valence-electron chi connectivity index (χ1n) is 6.70. The minimum absolute atomic E-state index is 0.204. The molecule has 3 rings (SSSR count). The zero-order valence-electron chi connectivity index (χ0n) is 11.3. The molecule has 0 amide bonds. The summed E-state index contributed by atoms with van der Waals surface area (Å²) in [4.78, 5) is 4.86. The number of nitrogens with zero attached hydrogens (tertiary/aromatic N) is 1. The third kappa shape index (κ3) is 2.39. The Hall–Kier alpha value is -2.09. The van der Waals surface area contributed by atoms with E-state index in [1.807, 2.05) is 18.2 Å². The van der Waals surface area contributed by atoms with Gasteiger partial charge in [0.05, 0.1) is 12.1 Å². The molecule has 0 radical (unpaired) electrons. The molecule has 2 heteroatoms. The number of benzene rings is 2. The molecule has 0 saturated heterocycles. The molecule has 1 N–H and O–H groups in total. The van der Waals surface area contributed by atoms with Gasteiger partial charge in [0.15, 0.2) is 0 Å². The van der Waals surface area contributed by atoms with E-state index >= 15 is 0 Å². The fourth-order valence-corrected chi connectivity index (χ4v) is 2.55. The third-order valence-electron chi connectivity index (χ3n) is 3.54. The summed E-state index contributed by atoms with van der Waals surface area (Å²) < 4.78 is 0. The topological polar surface area (TPSA) is 24.4 Å². The fraction of sp³-hybridized carbons (Fsp3) is 0.235. The Bertz CT molecular complexity index is 602. The molecule has 96 valence electrons. The van der Waals surface area contributed by atoms with Gasteiger partial charge in [-0.05, 0) is 19.4 Å². The van der Waals surface area contributed by atoms with E-state index in [9.17, 15) is 0 Å². The van der Waals surface area contributed by atoms with Crippen molar-refractivity contribution in [1.82, 2.24) is 5.32 Å². The zero-order chi connectivity index (χ0) is 13.2. The Morgan fingerprint density at radius 3 is 2.53 bits per heavy atom. The summed E-state index contributed by atoms with van der Waals surface area (Å²) in [5.41, 5.74) is 3.73. The largest absolute Gasteiger partial charge is 0.365 e. The Morgan fingerprint density at radius 2 is 1.79 bits per heavy atom. The van der Waals surface area contributed by atoms with Gasteiger partial charge in [-0.1, -0.05) is 60.2 Å². The predicted octanol–water partition coefficient (Wildman–Crippen LogP) is 3.47. The monoisotopic (exact) mass is 250 g/mol. The number of hydrogen-bond donors (Lipinski definition) is 1. The van der Waals surface area contributed by atoms with Crippen LogP contribution in [0.5, 0.6) is 0 Å². The molecule has 0 spiro atoms. The highest BCUT2D eigenvalue weighted by molar-refractivity contribution is 6.00. The summed E-state index contributed by atoms with van der Waals surface area (Å²) in [7, 11) is 0. The molecule has 2 nitrogen and oxygen atoms in total. The molecule has 0 aliphatic carbocycles. The van der Waals surface area contributed by atoms with Gasteiger partial charge >= 0.3 is 0 Å². The molecular formula is C17H18N2. The van der Waals surface area contributed by atoms with E-state index in [4.69, 9.17) is 4.99 Å². The summed E-state index contributed by atoms with van der Waals surface area (Å²) in [5, 5.41) is 3.49. The lowest BCUT2D eigenvalue weighted by atomic mass is 10.0. The van der Waals surface area contributed by atoms with Crippen LogP contribution in [0.3, 0.4) is 0 Å². The van der Waals surface area contributed by atoms with Crippen LogP contribution in [0.15, 0.2) is 59.6 Å². The van der Waals surface area contributed by atoms with E-state index < -0.39 is 0 Å². The Kier molecular flexibility index (Phi) is 3.08. The van der Waals surface area contributed by atoms with Gasteiger partial charge in [0.1, 0.15) is 5.84 Å². The summed E-state index contributed by atoms with van der Waals surface area (Å²) in [5.74, 6) is 1.000. The number of aryl methyl sites for hydroxylation is 1. The van der Waals surface area contributed by atoms with Crippen molar-refractivity contribution in [1.29, 1.82) is 0 Å². The molecule has 1 heterocycles. The maximum Gasteiger partial charge on any atom is 0.129 e. The van der Waals surface area contributed by atoms with E-state index in [0.717, 1.165) is 11.4 Å². The second-order valence-electron chi connectivity index (χ2n) is 5.14. The Labute approximate surface area is 114 Å². The van der Waals surface area contributed by atoms with Crippen molar-refractivity contribution in [2.45, 2.75) is 25.9 Å². The van der Waals surface area contributed by atoms with Crippen molar-refractivity contribution >= 4 is 5.84 Å². The van der Waals surface area contributed by atoms with Crippen LogP contribution in [0.4, 0.5) is 0 Å². The molecular weight excluding hydrogens is 232 g/mol. The first-order chi connectivity index (χ1) is 9.24. The Morgan fingerprint density at radius 1 is 1.00 bits per heavy atom. The minimum atomic E-state index is 0.204. The van der Waals surface area contributed by atoms with E-state index in [-0.39, 0.29) is 6.04 Å². The molecule has 1 aliphatic heterocycles. The molecule has 2 aromatic carbocycles. The maximum atomic E-state index is 4.86. The number of rotatable bonds is 2. The van der Waals surface area contributed by atoms with Crippen LogP contribution < -0.4 is 5.32 Å². The molecule has 2 aromatic rings. The van der Waals surface area contributed by atoms with Gasteiger partial charge in [0.2, 0.25) is 0 Å². The normalized spacial score (nSPS) is 21.9. The second kappa shape index (κ2) is 4.88. The van der Waals surface area contributed by atoms with Crippen molar-refractivity contribution in [2.24, 2.45) is 4.99 Å². The molecule has 0 bridgehead atoms. The van der Waals surface area contributed by atoms with E-state index in [2.05, 4.69) is 55.6 Å². The van der Waals surface area contributed by atoms with Crippen LogP contribution in [0.1, 0.15) is 29.7 Å². The van der Waals surface area contributed by atoms with Gasteiger partial charge in [0, 0.05) is 5.56 Å². The summed E-state index contributed by atoms with van der Waals surface area (Å²) in [6.45, 7) is 4.31. The molecule has 1 aliphatic rings. The molecule has 0 fully saturated rings. The van der Waals surface area contributed by atoms with Crippen LogP contribution in [0.2, 0.25) is 0 Å². The second-order valence-corrected chi connectivity index (χ2v) is 5.14. The number of aliphatic imine (C=N–C) groups is 1. The molecule has 0 unspecified atom stereocenters. The highest BCUT2D eigenvalue weighted by atomic mass is 15.1. The highest BCUT2D eigenvalue weighted by Gasteiger charge is 2.26. The first kappa shape index (κ1) is 12.0. The quantitative estimate of drug-likeness (QED) is 0.867. The fourth-order valence-electron chi connectivity index (χ4n) is 2.55. The van der Waals surface area contributed by atoms with Gasteiger partial charge < -0.3 is 5.32 Å². The van der Waals surface area contributed by atoms with Gasteiger partial charge in [-0.25, -0.2) is 0 Å². The summed E-state index contributed by atoms with van der Waals surface area (Å²) in [6.07, 6.45) is 0.